The number of benzene rings is 1. The van der Waals surface area contributed by atoms with Gasteiger partial charge < -0.3 is 15.0 Å². The molecule has 0 spiro atoms. The number of nitrogens with one attached hydrogen (secondary N) is 1. The van der Waals surface area contributed by atoms with Gasteiger partial charge in [0.25, 0.3) is 0 Å². The smallest absolute Gasteiger partial charge is 0.227 e. The number of carbonyl (C=O) groups excluding carboxylic acids is 2. The van der Waals surface area contributed by atoms with Crippen LogP contribution in [0.2, 0.25) is 0 Å². The van der Waals surface area contributed by atoms with E-state index in [1.54, 1.807) is 4.90 Å². The Morgan fingerprint density at radius 1 is 1.36 bits per heavy atom. The number of halogens is 1. The van der Waals surface area contributed by atoms with Gasteiger partial charge in [0.1, 0.15) is 0 Å². The summed E-state index contributed by atoms with van der Waals surface area (Å²) in [6.45, 7) is 1.76. The van der Waals surface area contributed by atoms with E-state index in [4.69, 9.17) is 4.74 Å². The molecule has 2 atom stereocenters. The van der Waals surface area contributed by atoms with Gasteiger partial charge in [-0.15, -0.1) is 0 Å². The van der Waals surface area contributed by atoms with Crippen molar-refractivity contribution in [1.82, 2.24) is 5.32 Å². The molecule has 3 rings (SSSR count). The number of amides is 2. The molecule has 0 saturated carbocycles. The molecule has 2 fully saturated rings. The molecular formula is C16H19BrN2O3. The Kier molecular flexibility index (Phi) is 4.78. The van der Waals surface area contributed by atoms with Crippen molar-refractivity contribution in [3.8, 4) is 0 Å². The lowest BCUT2D eigenvalue weighted by molar-refractivity contribution is -0.126. The fraction of sp³-hybridized carbons (Fsp3) is 0.500. The van der Waals surface area contributed by atoms with Gasteiger partial charge in [0, 0.05) is 36.3 Å². The largest absolute Gasteiger partial charge is 0.376 e. The minimum absolute atomic E-state index is 0.000381. The van der Waals surface area contributed by atoms with E-state index in [1.165, 1.54) is 0 Å². The third-order valence-corrected chi connectivity index (χ3v) is 4.69. The molecule has 0 radical (unpaired) electrons. The zero-order chi connectivity index (χ0) is 15.5. The monoisotopic (exact) mass is 366 g/mol. The highest BCUT2D eigenvalue weighted by Crippen LogP contribution is 2.26. The third kappa shape index (κ3) is 3.50. The van der Waals surface area contributed by atoms with Crippen LogP contribution in [-0.2, 0) is 14.3 Å². The van der Waals surface area contributed by atoms with Crippen LogP contribution in [0, 0.1) is 5.92 Å². The van der Waals surface area contributed by atoms with E-state index in [2.05, 4.69) is 21.2 Å². The van der Waals surface area contributed by atoms with Crippen LogP contribution in [-0.4, -0.2) is 37.6 Å². The summed E-state index contributed by atoms with van der Waals surface area (Å²) in [6, 6.07) is 7.56. The SMILES string of the molecule is O=C(NC[C@H]1CCCO1)[C@H]1CC(=O)N(c2ccc(Br)cc2)C1. The summed E-state index contributed by atoms with van der Waals surface area (Å²) < 4.78 is 6.46. The molecule has 5 nitrogen and oxygen atoms in total. The van der Waals surface area contributed by atoms with Gasteiger partial charge in [-0.2, -0.15) is 0 Å². The maximum absolute atomic E-state index is 12.2. The van der Waals surface area contributed by atoms with Crippen LogP contribution < -0.4 is 10.2 Å². The van der Waals surface area contributed by atoms with Crippen molar-refractivity contribution in [2.75, 3.05) is 24.6 Å². The molecule has 22 heavy (non-hydrogen) atoms. The molecule has 6 heteroatoms. The lowest BCUT2D eigenvalue weighted by Crippen LogP contribution is -2.37. The number of hydrogen-bond donors (Lipinski definition) is 1. The average Bonchev–Trinajstić information content (AvgIpc) is 3.15. The molecule has 2 amide bonds. The van der Waals surface area contributed by atoms with Crippen molar-refractivity contribution in [2.45, 2.75) is 25.4 Å². The number of hydrogen-bond acceptors (Lipinski definition) is 3. The zero-order valence-electron chi connectivity index (χ0n) is 12.3. The van der Waals surface area contributed by atoms with Crippen LogP contribution in [0.3, 0.4) is 0 Å². The molecular weight excluding hydrogens is 348 g/mol. The molecule has 2 aliphatic rings. The van der Waals surface area contributed by atoms with E-state index in [0.717, 1.165) is 29.6 Å². The molecule has 0 bridgehead atoms. The van der Waals surface area contributed by atoms with Gasteiger partial charge in [0.15, 0.2) is 0 Å². The second-order valence-electron chi connectivity index (χ2n) is 5.76. The number of ether oxygens (including phenoxy) is 1. The van der Waals surface area contributed by atoms with E-state index >= 15 is 0 Å². The van der Waals surface area contributed by atoms with E-state index in [0.29, 0.717) is 13.1 Å². The van der Waals surface area contributed by atoms with Crippen LogP contribution in [0.15, 0.2) is 28.7 Å². The summed E-state index contributed by atoms with van der Waals surface area (Å²) in [7, 11) is 0. The predicted octanol–water partition coefficient (Wildman–Crippen LogP) is 2.10. The van der Waals surface area contributed by atoms with Crippen LogP contribution in [0.25, 0.3) is 0 Å². The Balaban J connectivity index is 1.56. The molecule has 0 aliphatic carbocycles. The minimum Gasteiger partial charge on any atom is -0.376 e. The zero-order valence-corrected chi connectivity index (χ0v) is 13.8. The molecule has 1 aromatic carbocycles. The minimum atomic E-state index is -0.280. The first-order valence-electron chi connectivity index (χ1n) is 7.59. The van der Waals surface area contributed by atoms with E-state index in [-0.39, 0.29) is 30.3 Å². The lowest BCUT2D eigenvalue weighted by Gasteiger charge is -2.17. The van der Waals surface area contributed by atoms with Gasteiger partial charge >= 0.3 is 0 Å². The van der Waals surface area contributed by atoms with Crippen molar-refractivity contribution in [2.24, 2.45) is 5.92 Å². The van der Waals surface area contributed by atoms with Crippen LogP contribution in [0.4, 0.5) is 5.69 Å². The van der Waals surface area contributed by atoms with Gasteiger partial charge in [-0.05, 0) is 37.1 Å². The Morgan fingerprint density at radius 2 is 2.14 bits per heavy atom. The normalized spacial score (nSPS) is 24.8. The summed E-state index contributed by atoms with van der Waals surface area (Å²) in [6.07, 6.45) is 2.45. The lowest BCUT2D eigenvalue weighted by atomic mass is 10.1. The highest BCUT2D eigenvalue weighted by Gasteiger charge is 2.35. The molecule has 2 heterocycles. The Hall–Kier alpha value is -1.40. The standard InChI is InChI=1S/C16H19BrN2O3/c17-12-3-5-13(6-4-12)19-10-11(8-15(19)20)16(21)18-9-14-2-1-7-22-14/h3-6,11,14H,1-2,7-10H2,(H,18,21)/t11-,14+/m0/s1. The highest BCUT2D eigenvalue weighted by atomic mass is 79.9. The molecule has 0 unspecified atom stereocenters. The maximum atomic E-state index is 12.2. The average molecular weight is 367 g/mol. The summed E-state index contributed by atoms with van der Waals surface area (Å²) in [5.41, 5.74) is 0.836. The summed E-state index contributed by atoms with van der Waals surface area (Å²) in [4.78, 5) is 26.1. The maximum Gasteiger partial charge on any atom is 0.227 e. The van der Waals surface area contributed by atoms with Gasteiger partial charge in [-0.3, -0.25) is 9.59 Å². The Labute approximate surface area is 138 Å². The van der Waals surface area contributed by atoms with Gasteiger partial charge in [0.05, 0.1) is 12.0 Å². The van der Waals surface area contributed by atoms with Gasteiger partial charge in [-0.1, -0.05) is 15.9 Å². The molecule has 1 aromatic rings. The van der Waals surface area contributed by atoms with Gasteiger partial charge in [0.2, 0.25) is 11.8 Å². The topological polar surface area (TPSA) is 58.6 Å². The van der Waals surface area contributed by atoms with Crippen molar-refractivity contribution < 1.29 is 14.3 Å². The quantitative estimate of drug-likeness (QED) is 0.887. The molecule has 118 valence electrons. The van der Waals surface area contributed by atoms with Crippen molar-refractivity contribution >= 4 is 33.4 Å². The Morgan fingerprint density at radius 3 is 2.82 bits per heavy atom. The summed E-state index contributed by atoms with van der Waals surface area (Å²) >= 11 is 3.38. The fourth-order valence-electron chi connectivity index (χ4n) is 2.92. The Bertz CT molecular complexity index is 555. The molecule has 2 aliphatic heterocycles. The predicted molar refractivity (Wildman–Crippen MR) is 86.6 cm³/mol. The van der Waals surface area contributed by atoms with E-state index < -0.39 is 0 Å². The highest BCUT2D eigenvalue weighted by molar-refractivity contribution is 9.10. The number of nitrogens with zero attached hydrogens (tertiary/aromatic N) is 1. The second kappa shape index (κ2) is 6.79. The van der Waals surface area contributed by atoms with E-state index in [1.807, 2.05) is 24.3 Å². The molecule has 1 N–H and O–H groups in total. The third-order valence-electron chi connectivity index (χ3n) is 4.16. The van der Waals surface area contributed by atoms with Crippen LogP contribution >= 0.6 is 15.9 Å². The van der Waals surface area contributed by atoms with Crippen LogP contribution in [0.1, 0.15) is 19.3 Å². The van der Waals surface area contributed by atoms with Gasteiger partial charge in [-0.25, -0.2) is 0 Å². The number of anilines is 1. The first kappa shape index (κ1) is 15.5. The second-order valence-corrected chi connectivity index (χ2v) is 6.68. The van der Waals surface area contributed by atoms with Crippen molar-refractivity contribution in [3.05, 3.63) is 28.7 Å². The molecule has 0 aromatic heterocycles. The summed E-state index contributed by atoms with van der Waals surface area (Å²) in [5.74, 6) is -0.333. The van der Waals surface area contributed by atoms with Crippen molar-refractivity contribution in [1.29, 1.82) is 0 Å². The van der Waals surface area contributed by atoms with E-state index in [9.17, 15) is 9.59 Å². The summed E-state index contributed by atoms with van der Waals surface area (Å²) in [5, 5.41) is 2.92. The first-order chi connectivity index (χ1) is 10.6. The number of carbonyl (C=O) groups is 2. The molecule has 2 saturated heterocycles. The number of rotatable bonds is 4. The first-order valence-corrected chi connectivity index (χ1v) is 8.38. The van der Waals surface area contributed by atoms with Crippen molar-refractivity contribution in [3.63, 3.8) is 0 Å². The van der Waals surface area contributed by atoms with Crippen LogP contribution in [0.5, 0.6) is 0 Å². The fourth-order valence-corrected chi connectivity index (χ4v) is 3.18.